The lowest BCUT2D eigenvalue weighted by Gasteiger charge is -2.06. The van der Waals surface area contributed by atoms with Crippen LogP contribution in [0.1, 0.15) is 11.4 Å². The molecule has 2 amide bonds. The van der Waals surface area contributed by atoms with Gasteiger partial charge in [0.1, 0.15) is 0 Å². The van der Waals surface area contributed by atoms with Crippen molar-refractivity contribution in [3.05, 3.63) is 52.9 Å². The highest BCUT2D eigenvalue weighted by molar-refractivity contribution is 6.32. The van der Waals surface area contributed by atoms with E-state index in [0.717, 1.165) is 17.1 Å². The van der Waals surface area contributed by atoms with Crippen molar-refractivity contribution in [2.45, 2.75) is 13.8 Å². The van der Waals surface area contributed by atoms with Crippen LogP contribution in [0, 0.1) is 13.8 Å². The number of hydrogen-bond acceptors (Lipinski definition) is 3. The number of aryl methyl sites for hydroxylation is 2. The van der Waals surface area contributed by atoms with E-state index in [1.807, 2.05) is 32.0 Å². The summed E-state index contributed by atoms with van der Waals surface area (Å²) in [6.07, 6.45) is 1.73. The van der Waals surface area contributed by atoms with Crippen molar-refractivity contribution >= 4 is 29.1 Å². The summed E-state index contributed by atoms with van der Waals surface area (Å²) in [5.41, 5.74) is 2.91. The second-order valence-electron chi connectivity index (χ2n) is 4.99. The minimum Gasteiger partial charge on any atom is -0.304 e. The lowest BCUT2D eigenvalue weighted by atomic mass is 10.3. The Kier molecular flexibility index (Phi) is 4.03. The number of rotatable bonds is 3. The molecule has 0 unspecified atom stereocenters. The van der Waals surface area contributed by atoms with E-state index in [1.54, 1.807) is 23.0 Å². The highest BCUT2D eigenvalue weighted by atomic mass is 35.5. The molecule has 0 saturated carbocycles. The van der Waals surface area contributed by atoms with Crippen molar-refractivity contribution in [1.82, 2.24) is 20.0 Å². The molecule has 8 heteroatoms. The molecule has 118 valence electrons. The number of carbonyl (C=O) groups is 1. The molecule has 2 aromatic heterocycles. The van der Waals surface area contributed by atoms with Crippen molar-refractivity contribution in [1.29, 1.82) is 0 Å². The van der Waals surface area contributed by atoms with Crippen molar-refractivity contribution in [2.24, 2.45) is 0 Å². The summed E-state index contributed by atoms with van der Waals surface area (Å²) in [6, 6.07) is 8.64. The van der Waals surface area contributed by atoms with Crippen LogP contribution < -0.4 is 10.6 Å². The zero-order valence-electron chi connectivity index (χ0n) is 12.6. The molecule has 0 saturated heterocycles. The number of para-hydroxylation sites is 1. The molecule has 0 bridgehead atoms. The molecule has 0 aliphatic carbocycles. The number of anilines is 2. The van der Waals surface area contributed by atoms with Gasteiger partial charge in [0.05, 0.1) is 27.8 Å². The third-order valence-electron chi connectivity index (χ3n) is 3.30. The van der Waals surface area contributed by atoms with Gasteiger partial charge in [-0.05, 0) is 26.0 Å². The standard InChI is InChI=1S/C15H15ClN6O/c1-9-14(10(2)20-19-9)18-15(23)17-13-7-8-22(21-13)12-6-4-3-5-11(12)16/h3-8H,1-2H3,(H,19,20)(H2,17,18,21,23). The molecule has 7 nitrogen and oxygen atoms in total. The van der Waals surface area contributed by atoms with Crippen LogP contribution in [0.25, 0.3) is 5.69 Å². The molecular weight excluding hydrogens is 316 g/mol. The Labute approximate surface area is 137 Å². The molecule has 3 aromatic rings. The molecule has 3 N–H and O–H groups in total. The van der Waals surface area contributed by atoms with Crippen LogP contribution in [0.5, 0.6) is 0 Å². The quantitative estimate of drug-likeness (QED) is 0.686. The average molecular weight is 331 g/mol. The van der Waals surface area contributed by atoms with Crippen molar-refractivity contribution < 1.29 is 4.79 Å². The number of urea groups is 1. The van der Waals surface area contributed by atoms with Crippen LogP contribution in [0.4, 0.5) is 16.3 Å². The van der Waals surface area contributed by atoms with Crippen LogP contribution in [-0.4, -0.2) is 26.0 Å². The largest absolute Gasteiger partial charge is 0.325 e. The number of amides is 2. The zero-order chi connectivity index (χ0) is 16.4. The smallest absolute Gasteiger partial charge is 0.304 e. The van der Waals surface area contributed by atoms with Gasteiger partial charge in [0.15, 0.2) is 5.82 Å². The molecule has 0 aliphatic rings. The van der Waals surface area contributed by atoms with Crippen LogP contribution in [0.3, 0.4) is 0 Å². The van der Waals surface area contributed by atoms with Gasteiger partial charge in [-0.1, -0.05) is 23.7 Å². The highest BCUT2D eigenvalue weighted by Crippen LogP contribution is 2.20. The normalized spacial score (nSPS) is 10.6. The summed E-state index contributed by atoms with van der Waals surface area (Å²) in [6.45, 7) is 3.65. The minimum absolute atomic E-state index is 0.387. The maximum atomic E-state index is 12.1. The number of hydrogen-bond donors (Lipinski definition) is 3. The summed E-state index contributed by atoms with van der Waals surface area (Å²) in [7, 11) is 0. The van der Waals surface area contributed by atoms with Crippen LogP contribution in [0.2, 0.25) is 5.02 Å². The molecule has 0 spiro atoms. The van der Waals surface area contributed by atoms with Gasteiger partial charge in [-0.15, -0.1) is 5.10 Å². The van der Waals surface area contributed by atoms with Gasteiger partial charge in [0.25, 0.3) is 0 Å². The maximum absolute atomic E-state index is 12.1. The Balaban J connectivity index is 1.72. The van der Waals surface area contributed by atoms with E-state index in [0.29, 0.717) is 16.5 Å². The third-order valence-corrected chi connectivity index (χ3v) is 3.62. The number of aromatic amines is 1. The monoisotopic (exact) mass is 330 g/mol. The van der Waals surface area contributed by atoms with Gasteiger partial charge in [0, 0.05) is 12.3 Å². The zero-order valence-corrected chi connectivity index (χ0v) is 13.3. The fraction of sp³-hybridized carbons (Fsp3) is 0.133. The molecule has 1 aromatic carbocycles. The second-order valence-corrected chi connectivity index (χ2v) is 5.39. The molecular formula is C15H15ClN6O. The van der Waals surface area contributed by atoms with Gasteiger partial charge < -0.3 is 5.32 Å². The van der Waals surface area contributed by atoms with E-state index < -0.39 is 0 Å². The first kappa shape index (κ1) is 15.1. The van der Waals surface area contributed by atoms with Gasteiger partial charge in [-0.3, -0.25) is 10.4 Å². The first-order chi connectivity index (χ1) is 11.0. The summed E-state index contributed by atoms with van der Waals surface area (Å²) < 4.78 is 1.60. The van der Waals surface area contributed by atoms with E-state index in [1.165, 1.54) is 0 Å². The molecule has 0 radical (unpaired) electrons. The molecule has 0 aliphatic heterocycles. The summed E-state index contributed by atoms with van der Waals surface area (Å²) in [5.74, 6) is 0.418. The predicted molar refractivity (Wildman–Crippen MR) is 89.3 cm³/mol. The first-order valence-electron chi connectivity index (χ1n) is 6.95. The Hall–Kier alpha value is -2.80. The number of benzene rings is 1. The lowest BCUT2D eigenvalue weighted by molar-refractivity contribution is 0.262. The van der Waals surface area contributed by atoms with E-state index in [4.69, 9.17) is 11.6 Å². The highest BCUT2D eigenvalue weighted by Gasteiger charge is 2.12. The Morgan fingerprint density at radius 1 is 1.22 bits per heavy atom. The molecule has 0 fully saturated rings. The third kappa shape index (κ3) is 3.19. The molecule has 2 heterocycles. The molecule has 23 heavy (non-hydrogen) atoms. The van der Waals surface area contributed by atoms with E-state index in [9.17, 15) is 4.79 Å². The number of aromatic nitrogens is 4. The fourth-order valence-corrected chi connectivity index (χ4v) is 2.38. The maximum Gasteiger partial charge on any atom is 0.325 e. The number of nitrogens with one attached hydrogen (secondary N) is 3. The number of nitrogens with zero attached hydrogens (tertiary/aromatic N) is 3. The van der Waals surface area contributed by atoms with E-state index in [2.05, 4.69) is 25.9 Å². The minimum atomic E-state index is -0.387. The fourth-order valence-electron chi connectivity index (χ4n) is 2.16. The van der Waals surface area contributed by atoms with E-state index in [-0.39, 0.29) is 6.03 Å². The van der Waals surface area contributed by atoms with Crippen LogP contribution in [0.15, 0.2) is 36.5 Å². The van der Waals surface area contributed by atoms with Gasteiger partial charge in [-0.25, -0.2) is 9.48 Å². The van der Waals surface area contributed by atoms with Crippen LogP contribution >= 0.6 is 11.6 Å². The van der Waals surface area contributed by atoms with Crippen molar-refractivity contribution in [2.75, 3.05) is 10.6 Å². The van der Waals surface area contributed by atoms with E-state index >= 15 is 0 Å². The number of carbonyl (C=O) groups excluding carboxylic acids is 1. The predicted octanol–water partition coefficient (Wildman–Crippen LogP) is 3.51. The number of H-pyrrole nitrogens is 1. The van der Waals surface area contributed by atoms with Crippen molar-refractivity contribution in [3.8, 4) is 5.69 Å². The Morgan fingerprint density at radius 2 is 2.00 bits per heavy atom. The van der Waals surface area contributed by atoms with Gasteiger partial charge in [-0.2, -0.15) is 5.10 Å². The number of halogens is 1. The topological polar surface area (TPSA) is 87.6 Å². The second kappa shape index (κ2) is 6.13. The molecule has 0 atom stereocenters. The van der Waals surface area contributed by atoms with Crippen LogP contribution in [-0.2, 0) is 0 Å². The van der Waals surface area contributed by atoms with Gasteiger partial charge >= 0.3 is 6.03 Å². The van der Waals surface area contributed by atoms with Gasteiger partial charge in [0.2, 0.25) is 0 Å². The lowest BCUT2D eigenvalue weighted by Crippen LogP contribution is -2.20. The summed E-state index contributed by atoms with van der Waals surface area (Å²) >= 11 is 6.13. The average Bonchev–Trinajstić information content (AvgIpc) is 3.09. The Bertz CT molecular complexity index is 834. The Morgan fingerprint density at radius 3 is 2.70 bits per heavy atom. The summed E-state index contributed by atoms with van der Waals surface area (Å²) in [5, 5.41) is 17.1. The first-order valence-corrected chi connectivity index (χ1v) is 7.32. The van der Waals surface area contributed by atoms with Crippen molar-refractivity contribution in [3.63, 3.8) is 0 Å². The SMILES string of the molecule is Cc1n[nH]c(C)c1NC(=O)Nc1ccn(-c2ccccc2Cl)n1. The molecule has 3 rings (SSSR count). The summed E-state index contributed by atoms with van der Waals surface area (Å²) in [4.78, 5) is 12.1.